The second-order valence-electron chi connectivity index (χ2n) is 4.21. The Hall–Kier alpha value is -0.320. The molecule has 3 unspecified atom stereocenters. The quantitative estimate of drug-likeness (QED) is 0.719. The van der Waals surface area contributed by atoms with Gasteiger partial charge in [0.25, 0.3) is 0 Å². The second-order valence-corrected chi connectivity index (χ2v) is 4.83. The summed E-state index contributed by atoms with van der Waals surface area (Å²) >= 11 is 5.95. The first-order valence-corrected chi connectivity index (χ1v) is 6.09. The van der Waals surface area contributed by atoms with Crippen LogP contribution in [0.1, 0.15) is 19.8 Å². The van der Waals surface area contributed by atoms with E-state index < -0.39 is 0 Å². The van der Waals surface area contributed by atoms with Crippen LogP contribution in [0.5, 0.6) is 0 Å². The third-order valence-corrected chi connectivity index (χ3v) is 3.02. The van der Waals surface area contributed by atoms with Gasteiger partial charge in [-0.2, -0.15) is 0 Å². The number of ether oxygens (including phenoxy) is 2. The molecule has 1 aliphatic heterocycles. The lowest BCUT2D eigenvalue weighted by Crippen LogP contribution is -2.33. The Kier molecular flexibility index (Phi) is 6.09. The number of alkyl halides is 1. The van der Waals surface area contributed by atoms with Crippen LogP contribution in [0.2, 0.25) is 0 Å². The lowest BCUT2D eigenvalue weighted by molar-refractivity contribution is -0.124. The Morgan fingerprint density at radius 1 is 1.69 bits per heavy atom. The zero-order valence-electron chi connectivity index (χ0n) is 9.87. The zero-order chi connectivity index (χ0) is 12.0. The molecule has 0 aromatic heterocycles. The molecule has 1 saturated heterocycles. The van der Waals surface area contributed by atoms with E-state index in [1.54, 1.807) is 7.11 Å². The van der Waals surface area contributed by atoms with Gasteiger partial charge in [0.1, 0.15) is 0 Å². The molecule has 1 amide bonds. The lowest BCUT2D eigenvalue weighted by Gasteiger charge is -2.11. The molecule has 1 heterocycles. The number of rotatable bonds is 6. The van der Waals surface area contributed by atoms with E-state index in [0.717, 1.165) is 12.8 Å². The van der Waals surface area contributed by atoms with Crippen LogP contribution in [0.15, 0.2) is 0 Å². The monoisotopic (exact) mass is 249 g/mol. The Balaban J connectivity index is 2.11. The van der Waals surface area contributed by atoms with Gasteiger partial charge in [-0.1, -0.05) is 0 Å². The van der Waals surface area contributed by atoms with Crippen molar-refractivity contribution in [2.75, 3.05) is 26.9 Å². The lowest BCUT2D eigenvalue weighted by atomic mass is 10.1. The van der Waals surface area contributed by atoms with Gasteiger partial charge in [-0.05, 0) is 19.8 Å². The topological polar surface area (TPSA) is 47.6 Å². The highest BCUT2D eigenvalue weighted by Gasteiger charge is 2.27. The van der Waals surface area contributed by atoms with Gasteiger partial charge in [-0.15, -0.1) is 11.6 Å². The van der Waals surface area contributed by atoms with Crippen LogP contribution in [0, 0.1) is 5.92 Å². The van der Waals surface area contributed by atoms with Gasteiger partial charge >= 0.3 is 0 Å². The van der Waals surface area contributed by atoms with Crippen LogP contribution in [0.4, 0.5) is 0 Å². The van der Waals surface area contributed by atoms with E-state index in [9.17, 15) is 4.79 Å². The maximum Gasteiger partial charge on any atom is 0.225 e. The van der Waals surface area contributed by atoms with E-state index in [0.29, 0.717) is 19.8 Å². The number of amides is 1. The first-order valence-electron chi connectivity index (χ1n) is 5.65. The van der Waals surface area contributed by atoms with Crippen LogP contribution < -0.4 is 5.32 Å². The van der Waals surface area contributed by atoms with E-state index in [1.165, 1.54) is 0 Å². The molecule has 1 fully saturated rings. The molecule has 5 heteroatoms. The number of hydrogen-bond acceptors (Lipinski definition) is 3. The van der Waals surface area contributed by atoms with Crippen LogP contribution in [-0.4, -0.2) is 44.3 Å². The van der Waals surface area contributed by atoms with Gasteiger partial charge in [0.15, 0.2) is 0 Å². The molecule has 0 bridgehead atoms. The first kappa shape index (κ1) is 13.7. The predicted molar refractivity (Wildman–Crippen MR) is 62.7 cm³/mol. The Morgan fingerprint density at radius 3 is 3.00 bits per heavy atom. The molecular weight excluding hydrogens is 230 g/mol. The van der Waals surface area contributed by atoms with Crippen molar-refractivity contribution in [3.05, 3.63) is 0 Å². The Bertz CT molecular complexity index is 225. The van der Waals surface area contributed by atoms with Crippen molar-refractivity contribution >= 4 is 17.5 Å². The van der Waals surface area contributed by atoms with Crippen LogP contribution in [0.25, 0.3) is 0 Å². The fourth-order valence-electron chi connectivity index (χ4n) is 1.76. The van der Waals surface area contributed by atoms with E-state index in [1.807, 2.05) is 6.92 Å². The van der Waals surface area contributed by atoms with Crippen molar-refractivity contribution in [2.24, 2.45) is 5.92 Å². The summed E-state index contributed by atoms with van der Waals surface area (Å²) in [5.41, 5.74) is 0. The molecule has 0 aliphatic carbocycles. The molecule has 1 aliphatic rings. The second kappa shape index (κ2) is 7.09. The molecular formula is C11H20ClNO3. The van der Waals surface area contributed by atoms with Crippen molar-refractivity contribution in [3.8, 4) is 0 Å². The standard InChI is InChI=1S/C11H20ClNO3/c1-8-5-9(6-16-8)11(14)13-4-3-10(12)7-15-2/h8-10H,3-7H2,1-2H3,(H,13,14). The molecule has 0 aromatic carbocycles. The maximum absolute atomic E-state index is 11.7. The third-order valence-electron chi connectivity index (χ3n) is 2.67. The molecule has 0 aromatic rings. The van der Waals surface area contributed by atoms with E-state index in [2.05, 4.69) is 5.32 Å². The zero-order valence-corrected chi connectivity index (χ0v) is 10.6. The number of carbonyl (C=O) groups is 1. The van der Waals surface area contributed by atoms with E-state index in [-0.39, 0.29) is 23.3 Å². The van der Waals surface area contributed by atoms with Crippen molar-refractivity contribution in [2.45, 2.75) is 31.2 Å². The van der Waals surface area contributed by atoms with E-state index in [4.69, 9.17) is 21.1 Å². The summed E-state index contributed by atoms with van der Waals surface area (Å²) in [6.45, 7) is 3.64. The minimum atomic E-state index is -0.0379. The SMILES string of the molecule is COCC(Cl)CCNC(=O)C1COC(C)C1. The Labute approximate surface area is 102 Å². The number of hydrogen-bond donors (Lipinski definition) is 1. The number of nitrogens with one attached hydrogen (secondary N) is 1. The summed E-state index contributed by atoms with van der Waals surface area (Å²) in [5, 5.41) is 2.84. The summed E-state index contributed by atoms with van der Waals surface area (Å²) in [4.78, 5) is 11.7. The summed E-state index contributed by atoms with van der Waals surface area (Å²) in [7, 11) is 1.62. The van der Waals surface area contributed by atoms with Gasteiger partial charge in [-0.3, -0.25) is 4.79 Å². The van der Waals surface area contributed by atoms with Crippen molar-refractivity contribution in [1.29, 1.82) is 0 Å². The molecule has 0 radical (unpaired) electrons. The maximum atomic E-state index is 11.7. The number of carbonyl (C=O) groups excluding carboxylic acids is 1. The van der Waals surface area contributed by atoms with Gasteiger partial charge in [0, 0.05) is 13.7 Å². The molecule has 3 atom stereocenters. The summed E-state index contributed by atoms with van der Waals surface area (Å²) in [6.07, 6.45) is 1.74. The largest absolute Gasteiger partial charge is 0.383 e. The smallest absolute Gasteiger partial charge is 0.225 e. The first-order chi connectivity index (χ1) is 7.63. The van der Waals surface area contributed by atoms with Crippen molar-refractivity contribution in [3.63, 3.8) is 0 Å². The van der Waals surface area contributed by atoms with Crippen LogP contribution in [0.3, 0.4) is 0 Å². The van der Waals surface area contributed by atoms with Gasteiger partial charge in [0.05, 0.1) is 30.6 Å². The van der Waals surface area contributed by atoms with Crippen molar-refractivity contribution < 1.29 is 14.3 Å². The average molecular weight is 250 g/mol. The van der Waals surface area contributed by atoms with Gasteiger partial charge in [0.2, 0.25) is 5.91 Å². The molecule has 0 saturated carbocycles. The normalized spacial score (nSPS) is 26.7. The van der Waals surface area contributed by atoms with Crippen LogP contribution >= 0.6 is 11.6 Å². The Morgan fingerprint density at radius 2 is 2.44 bits per heavy atom. The number of halogens is 1. The highest BCUT2D eigenvalue weighted by Crippen LogP contribution is 2.18. The molecule has 1 N–H and O–H groups in total. The van der Waals surface area contributed by atoms with Gasteiger partial charge < -0.3 is 14.8 Å². The average Bonchev–Trinajstić information content (AvgIpc) is 2.65. The minimum absolute atomic E-state index is 0.00574. The summed E-state index contributed by atoms with van der Waals surface area (Å²) < 4.78 is 10.3. The predicted octanol–water partition coefficient (Wildman–Crippen LogP) is 1.17. The molecule has 1 rings (SSSR count). The highest BCUT2D eigenvalue weighted by molar-refractivity contribution is 6.20. The molecule has 94 valence electrons. The minimum Gasteiger partial charge on any atom is -0.383 e. The summed E-state index contributed by atoms with van der Waals surface area (Å²) in [6, 6.07) is 0. The van der Waals surface area contributed by atoms with Gasteiger partial charge in [-0.25, -0.2) is 0 Å². The fourth-order valence-corrected chi connectivity index (χ4v) is 2.00. The van der Waals surface area contributed by atoms with E-state index >= 15 is 0 Å². The third kappa shape index (κ3) is 4.68. The molecule has 4 nitrogen and oxygen atoms in total. The fraction of sp³-hybridized carbons (Fsp3) is 0.909. The number of methoxy groups -OCH3 is 1. The molecule has 0 spiro atoms. The highest BCUT2D eigenvalue weighted by atomic mass is 35.5. The van der Waals surface area contributed by atoms with Crippen molar-refractivity contribution in [1.82, 2.24) is 5.32 Å². The summed E-state index contributed by atoms with van der Waals surface area (Å²) in [5.74, 6) is 0.0804. The molecule has 16 heavy (non-hydrogen) atoms. The van der Waals surface area contributed by atoms with Crippen LogP contribution in [-0.2, 0) is 14.3 Å².